The van der Waals surface area contributed by atoms with Crippen LogP contribution in [-0.4, -0.2) is 602 Å². The van der Waals surface area contributed by atoms with E-state index in [1.807, 2.05) is 0 Å². The van der Waals surface area contributed by atoms with Gasteiger partial charge in [0.2, 0.25) is 23.6 Å². The van der Waals surface area contributed by atoms with Crippen molar-refractivity contribution in [1.29, 1.82) is 0 Å². The second kappa shape index (κ2) is 49.4. The third kappa shape index (κ3) is 25.3. The molecular formula is C77H128N4O58. The zero-order valence-electron chi connectivity index (χ0n) is 74.5. The molecule has 0 bridgehead atoms. The standard InChI is InChI=1S/C77H128N4O58/c1-17-37(95)48(106)53(111)69(122-17)120-15-32-60(45(103)34(66(116)123-32)79-19(3)90)132-67-35(80-20(4)91)46(104)59(29(13-88)128-67)134-73-57(115)63(44(102)30(130-73)14-119-70-56(114)62(43(101)27(11-86)124-70)135-75-65(52(110)41(99)26(10-85)127-75)138-71-54(112)49(107)39(97)24(8-83)125-71)136-74-64(51(109)40(98)25(9-84)126-74)137-68-36(81-21(5)92)47(105)58(28(12-87)129-68)133-72-55(113)50(108)42(100)31(131-72)16-121-77(76(117)118)6-22(93)33(78-18(2)89)61(139-77)38(96)23(94)7-82/h17,22-75,82-88,93-116H,6-16H2,1-5H3,(H,78,89)(H,79,90)(H,80,91)(H,81,92)(H,117,118)/t17-,22-,23+,24+,25+,26+,27+,28+,29+,30+,31+,32+,33+,34+,35+,36+,37+,38+,39+,40+,41+,42-,43+,44+,45+,46+,47+,48+,49-,50-,51-,52-,53-,54-,55+,56-,57-,58+,59+,60+,61+,62-,63-,64-,65-,66?,67-,68-,69+,70-,71+,72-,73-,74+,75+,77+/m0/s1. The molecule has 4 amide bonds. The molecule has 11 rings (SSSR count). The maximum Gasteiger partial charge on any atom is 0.364 e. The Balaban J connectivity index is 0.895. The second-order valence-corrected chi connectivity index (χ2v) is 35.3. The van der Waals surface area contributed by atoms with Crippen molar-refractivity contribution in [3.8, 4) is 0 Å². The number of hydrogen-bond donors (Lipinski definition) is 36. The highest BCUT2D eigenvalue weighted by atomic mass is 16.8. The van der Waals surface area contributed by atoms with Crippen molar-refractivity contribution in [2.75, 3.05) is 66.1 Å². The van der Waals surface area contributed by atoms with Crippen LogP contribution in [-0.2, 0) is 123 Å². The molecule has 0 aromatic carbocycles. The van der Waals surface area contributed by atoms with Gasteiger partial charge in [0.15, 0.2) is 62.9 Å². The highest BCUT2D eigenvalue weighted by Crippen LogP contribution is 2.43. The van der Waals surface area contributed by atoms with E-state index in [0.717, 1.165) is 27.7 Å². The van der Waals surface area contributed by atoms with Gasteiger partial charge in [0, 0.05) is 34.1 Å². The smallest absolute Gasteiger partial charge is 0.364 e. The molecule has 62 nitrogen and oxygen atoms in total. The van der Waals surface area contributed by atoms with Crippen LogP contribution in [0.15, 0.2) is 0 Å². The van der Waals surface area contributed by atoms with Gasteiger partial charge >= 0.3 is 5.97 Å². The van der Waals surface area contributed by atoms with Crippen LogP contribution in [0.3, 0.4) is 0 Å². The number of rotatable bonds is 37. The highest BCUT2D eigenvalue weighted by molar-refractivity contribution is 5.77. The summed E-state index contributed by atoms with van der Waals surface area (Å²) in [5.74, 6) is -9.02. The minimum atomic E-state index is -3.12. The number of nitrogens with one attached hydrogen (secondary N) is 4. The van der Waals surface area contributed by atoms with Crippen LogP contribution in [0.25, 0.3) is 0 Å². The van der Waals surface area contributed by atoms with Crippen molar-refractivity contribution in [1.82, 2.24) is 21.3 Å². The van der Waals surface area contributed by atoms with Crippen LogP contribution in [0.2, 0.25) is 0 Å². The molecular weight excluding hydrogens is 1910 g/mol. The topological polar surface area (TPSA) is 975 Å². The Morgan fingerprint density at radius 3 is 1.08 bits per heavy atom. The number of aliphatic carboxylic acids is 1. The number of carboxylic acids is 1. The first kappa shape index (κ1) is 115. The van der Waals surface area contributed by atoms with Crippen LogP contribution in [0.5, 0.6) is 0 Å². The molecule has 56 atom stereocenters. The lowest BCUT2D eigenvalue weighted by Crippen LogP contribution is -2.71. The number of ether oxygens (including phenoxy) is 21. The molecule has 804 valence electrons. The number of carbonyl (C=O) groups excluding carboxylic acids is 4. The molecule has 0 aliphatic carbocycles. The van der Waals surface area contributed by atoms with Gasteiger partial charge in [-0.25, -0.2) is 4.79 Å². The first-order valence-corrected chi connectivity index (χ1v) is 44.1. The first-order valence-electron chi connectivity index (χ1n) is 44.1. The van der Waals surface area contributed by atoms with Crippen LogP contribution in [0, 0.1) is 0 Å². The minimum absolute atomic E-state index is 0.850. The molecule has 0 aromatic rings. The number of carbonyl (C=O) groups is 5. The van der Waals surface area contributed by atoms with Gasteiger partial charge in [0.1, 0.15) is 256 Å². The molecule has 0 aromatic heterocycles. The summed E-state index contributed by atoms with van der Waals surface area (Å²) in [6.45, 7) is -6.88. The molecule has 0 spiro atoms. The van der Waals surface area contributed by atoms with Gasteiger partial charge in [0.05, 0.1) is 84.3 Å². The Bertz CT molecular complexity index is 3880. The van der Waals surface area contributed by atoms with Gasteiger partial charge in [-0.05, 0) is 6.92 Å². The van der Waals surface area contributed by atoms with Gasteiger partial charge in [-0.15, -0.1) is 0 Å². The maximum absolute atomic E-state index is 13.3. The van der Waals surface area contributed by atoms with Gasteiger partial charge in [-0.2, -0.15) is 0 Å². The Labute approximate surface area is 785 Å². The maximum atomic E-state index is 13.3. The number of aliphatic hydroxyl groups excluding tert-OH is 31. The Morgan fingerprint density at radius 2 is 0.626 bits per heavy atom. The quantitative estimate of drug-likeness (QED) is 0.0275. The third-order valence-electron chi connectivity index (χ3n) is 25.5. The fourth-order valence-corrected chi connectivity index (χ4v) is 17.8. The molecule has 1 unspecified atom stereocenters. The van der Waals surface area contributed by atoms with E-state index in [1.165, 1.54) is 6.92 Å². The van der Waals surface area contributed by atoms with E-state index >= 15 is 0 Å². The molecule has 62 heteroatoms. The molecule has 11 aliphatic heterocycles. The summed E-state index contributed by atoms with van der Waals surface area (Å²) in [4.78, 5) is 64.4. The molecule has 11 heterocycles. The third-order valence-corrected chi connectivity index (χ3v) is 25.5. The number of hydrogen-bond acceptors (Lipinski definition) is 57. The van der Waals surface area contributed by atoms with Crippen LogP contribution in [0.1, 0.15) is 41.0 Å². The van der Waals surface area contributed by atoms with Gasteiger partial charge in [-0.3, -0.25) is 19.2 Å². The van der Waals surface area contributed by atoms with Gasteiger partial charge in [0.25, 0.3) is 5.79 Å². The zero-order chi connectivity index (χ0) is 103. The highest BCUT2D eigenvalue weighted by Gasteiger charge is 2.64. The van der Waals surface area contributed by atoms with E-state index in [-0.39, 0.29) is 0 Å². The summed E-state index contributed by atoms with van der Waals surface area (Å²) in [5.41, 5.74) is 0. The Hall–Kier alpha value is -4.73. The molecule has 11 saturated heterocycles. The first-order chi connectivity index (χ1) is 65.5. The van der Waals surface area contributed by atoms with Crippen molar-refractivity contribution in [2.24, 2.45) is 0 Å². The lowest BCUT2D eigenvalue weighted by Gasteiger charge is -2.51. The molecule has 0 radical (unpaired) electrons. The van der Waals surface area contributed by atoms with Crippen molar-refractivity contribution < 1.29 is 287 Å². The monoisotopic (exact) mass is 2040 g/mol. The lowest BCUT2D eigenvalue weighted by molar-refractivity contribution is -0.400. The molecule has 11 fully saturated rings. The van der Waals surface area contributed by atoms with Crippen LogP contribution < -0.4 is 21.3 Å². The molecule has 36 N–H and O–H groups in total. The summed E-state index contributed by atoms with van der Waals surface area (Å²) in [6.07, 6.45) is -112. The molecule has 139 heavy (non-hydrogen) atoms. The zero-order valence-corrected chi connectivity index (χ0v) is 74.5. The van der Waals surface area contributed by atoms with Crippen LogP contribution in [0.4, 0.5) is 0 Å². The van der Waals surface area contributed by atoms with E-state index in [1.54, 1.807) is 0 Å². The average molecular weight is 2040 g/mol. The van der Waals surface area contributed by atoms with Crippen molar-refractivity contribution in [2.45, 2.75) is 384 Å². The number of amides is 4. The van der Waals surface area contributed by atoms with E-state index in [9.17, 15) is 187 Å². The summed E-state index contributed by atoms with van der Waals surface area (Å²) in [6, 6.07) is -7.71. The fourth-order valence-electron chi connectivity index (χ4n) is 17.8. The summed E-state index contributed by atoms with van der Waals surface area (Å²) in [7, 11) is 0. The largest absolute Gasteiger partial charge is 0.477 e. The Kier molecular flexibility index (Phi) is 40.7. The van der Waals surface area contributed by atoms with Crippen LogP contribution >= 0.6 is 0 Å². The van der Waals surface area contributed by atoms with E-state index in [2.05, 4.69) is 21.3 Å². The fraction of sp³-hybridized carbons (Fsp3) is 0.935. The molecule has 11 aliphatic rings. The summed E-state index contributed by atoms with van der Waals surface area (Å²) < 4.78 is 124. The number of aliphatic hydroxyl groups is 31. The minimum Gasteiger partial charge on any atom is -0.477 e. The van der Waals surface area contributed by atoms with Crippen molar-refractivity contribution >= 4 is 29.6 Å². The van der Waals surface area contributed by atoms with Crippen molar-refractivity contribution in [3.63, 3.8) is 0 Å². The lowest BCUT2D eigenvalue weighted by atomic mass is 9.88. The predicted molar refractivity (Wildman–Crippen MR) is 425 cm³/mol. The van der Waals surface area contributed by atoms with Gasteiger partial charge < -0.3 is 284 Å². The average Bonchev–Trinajstić information content (AvgIpc) is 0.764. The van der Waals surface area contributed by atoms with Gasteiger partial charge in [-0.1, -0.05) is 0 Å². The molecule has 0 saturated carbocycles. The van der Waals surface area contributed by atoms with E-state index in [4.69, 9.17) is 99.5 Å². The summed E-state index contributed by atoms with van der Waals surface area (Å²) in [5, 5.41) is 368. The number of carboxylic acid groups (broad SMARTS) is 1. The predicted octanol–water partition coefficient (Wildman–Crippen LogP) is -24.2. The van der Waals surface area contributed by atoms with E-state index in [0.29, 0.717) is 0 Å². The van der Waals surface area contributed by atoms with E-state index < -0.39 is 445 Å². The Morgan fingerprint density at radius 1 is 0.309 bits per heavy atom. The summed E-state index contributed by atoms with van der Waals surface area (Å²) >= 11 is 0. The SMILES string of the molecule is CC(=O)N[C@H]1[C@H](O[C@H]2[C@H](O)[C@@H](NC(C)=O)C(O)O[C@@H]2CO[C@@H]2O[C@@H](C)[C@@H](O)[C@@H](O)[C@@H]2O)O[C@H](CO)[C@@H](O[C@@H]2O[C@H](CO[C@H]3O[C@H](CO)[C@@H](O)[C@H](O[C@H]4O[C@H](CO)[C@@H](O)[C@H](O)[C@@H]4O[C@H]4O[C@H](CO)[C@@H](O)[C@H](O)[C@@H]4O)[C@@H]3O)[C@@H](O)[C@H](O[C@H]3O[C@H](CO)[C@@H](O)[C@H](O)[C@@H]3O[C@@H]3O[C@H](CO)[C@@H](O[C@@H]4O[C@H](CO[C@]5(C(=O)O)C[C@H](O)[C@@H](NC(C)=O)[C@H]([C@H](O)[C@H](O)CO)O5)[C@H](O)[C@H](O)[C@H]4O)[C@H](O)[C@H]3NC(C)=O)[C@@H]2O)[C@@H]1O. The normalized spacial score (nSPS) is 48.9. The van der Waals surface area contributed by atoms with Crippen molar-refractivity contribution in [3.05, 3.63) is 0 Å². The second-order valence-electron chi connectivity index (χ2n) is 35.3.